The Morgan fingerprint density at radius 2 is 1.94 bits per heavy atom. The van der Waals surface area contributed by atoms with Gasteiger partial charge in [0.15, 0.2) is 10.8 Å². The number of hydrogen-bond acceptors (Lipinski definition) is 6. The number of thiazole rings is 1. The predicted molar refractivity (Wildman–Crippen MR) is 139 cm³/mol. The van der Waals surface area contributed by atoms with E-state index in [2.05, 4.69) is 35.9 Å². The Balaban J connectivity index is 1.76. The third kappa shape index (κ3) is 3.95. The normalized spacial score (nSPS) is 16.2. The van der Waals surface area contributed by atoms with Crippen molar-refractivity contribution in [3.8, 4) is 11.3 Å². The van der Waals surface area contributed by atoms with Crippen LogP contribution in [0.1, 0.15) is 44.6 Å². The third-order valence-electron chi connectivity index (χ3n) is 6.44. The molecule has 0 fully saturated rings. The lowest BCUT2D eigenvalue weighted by molar-refractivity contribution is 0.589. The van der Waals surface area contributed by atoms with E-state index >= 15 is 0 Å². The number of nitrogens with zero attached hydrogens (tertiary/aromatic N) is 4. The van der Waals surface area contributed by atoms with Gasteiger partial charge in [0.2, 0.25) is 0 Å². The maximum atomic E-state index is 13.7. The summed E-state index contributed by atoms with van der Waals surface area (Å²) in [5.74, 6) is 0.231. The molecular weight excluding hydrogens is 464 g/mol. The van der Waals surface area contributed by atoms with Crippen molar-refractivity contribution in [1.82, 2.24) is 13.9 Å². The number of benzene rings is 1. The topological polar surface area (TPSA) is 68.1 Å². The first-order chi connectivity index (χ1) is 16.5. The largest absolute Gasteiger partial charge is 0.349 e. The van der Waals surface area contributed by atoms with Gasteiger partial charge in [-0.25, -0.2) is 22.4 Å². The second-order valence-electron chi connectivity index (χ2n) is 8.41. The van der Waals surface area contributed by atoms with Crippen molar-refractivity contribution in [2.24, 2.45) is 0 Å². The molecule has 3 aromatic heterocycles. The summed E-state index contributed by atoms with van der Waals surface area (Å²) in [6.45, 7) is 5.96. The van der Waals surface area contributed by atoms with E-state index in [1.54, 1.807) is 48.0 Å². The Hall–Kier alpha value is -2.97. The zero-order valence-corrected chi connectivity index (χ0v) is 21.0. The van der Waals surface area contributed by atoms with Crippen molar-refractivity contribution in [1.29, 1.82) is 0 Å². The van der Waals surface area contributed by atoms with Crippen molar-refractivity contribution in [2.75, 3.05) is 18.0 Å². The van der Waals surface area contributed by atoms with Crippen LogP contribution in [0, 0.1) is 0 Å². The van der Waals surface area contributed by atoms with E-state index in [0.29, 0.717) is 5.65 Å². The van der Waals surface area contributed by atoms with E-state index in [1.165, 1.54) is 3.97 Å². The van der Waals surface area contributed by atoms with Crippen molar-refractivity contribution in [3.05, 3.63) is 71.9 Å². The highest BCUT2D eigenvalue weighted by molar-refractivity contribution is 7.90. The molecule has 1 aliphatic rings. The van der Waals surface area contributed by atoms with E-state index in [1.807, 2.05) is 17.5 Å². The van der Waals surface area contributed by atoms with Crippen molar-refractivity contribution < 1.29 is 8.42 Å². The molecule has 5 rings (SSSR count). The predicted octanol–water partition coefficient (Wildman–Crippen LogP) is 6.07. The van der Waals surface area contributed by atoms with Gasteiger partial charge in [0.25, 0.3) is 10.0 Å². The fourth-order valence-corrected chi connectivity index (χ4v) is 6.94. The molecule has 176 valence electrons. The van der Waals surface area contributed by atoms with E-state index in [9.17, 15) is 8.42 Å². The molecule has 0 saturated carbocycles. The second-order valence-corrected chi connectivity index (χ2v) is 11.1. The van der Waals surface area contributed by atoms with Crippen molar-refractivity contribution in [3.63, 3.8) is 0 Å². The molecule has 1 aromatic carbocycles. The van der Waals surface area contributed by atoms with Crippen LogP contribution < -0.4 is 4.90 Å². The van der Waals surface area contributed by atoms with Gasteiger partial charge in [0, 0.05) is 47.7 Å². The average Bonchev–Trinajstić information content (AvgIpc) is 3.51. The van der Waals surface area contributed by atoms with Crippen LogP contribution in [0.4, 0.5) is 5.13 Å². The molecule has 3 heterocycles. The lowest BCUT2D eigenvalue weighted by Crippen LogP contribution is -2.21. The smallest absolute Gasteiger partial charge is 0.269 e. The lowest BCUT2D eigenvalue weighted by atomic mass is 9.87. The molecule has 0 bridgehead atoms. The van der Waals surface area contributed by atoms with Crippen LogP contribution in [-0.4, -0.2) is 35.4 Å². The zero-order valence-electron chi connectivity index (χ0n) is 19.4. The van der Waals surface area contributed by atoms with Crippen molar-refractivity contribution in [2.45, 2.75) is 43.9 Å². The molecule has 4 aromatic rings. The minimum Gasteiger partial charge on any atom is -0.349 e. The maximum Gasteiger partial charge on any atom is 0.269 e. The number of anilines is 1. The zero-order chi connectivity index (χ0) is 23.7. The minimum atomic E-state index is -3.82. The average molecular weight is 493 g/mol. The number of fused-ring (bicyclic) bond motifs is 1. The van der Waals surface area contributed by atoms with Crippen LogP contribution in [0.2, 0.25) is 0 Å². The highest BCUT2D eigenvalue weighted by Crippen LogP contribution is 2.40. The Labute approximate surface area is 204 Å². The molecule has 0 saturated heterocycles. The molecule has 0 amide bonds. The quantitative estimate of drug-likeness (QED) is 0.293. The summed E-state index contributed by atoms with van der Waals surface area (Å²) in [7, 11) is -3.82. The van der Waals surface area contributed by atoms with Crippen LogP contribution in [0.3, 0.4) is 0 Å². The highest BCUT2D eigenvalue weighted by atomic mass is 32.2. The van der Waals surface area contributed by atoms with Gasteiger partial charge >= 0.3 is 0 Å². The van der Waals surface area contributed by atoms with E-state index in [4.69, 9.17) is 4.98 Å². The van der Waals surface area contributed by atoms with Gasteiger partial charge in [-0.05, 0) is 56.9 Å². The summed E-state index contributed by atoms with van der Waals surface area (Å²) >= 11 is 1.59. The number of pyridine rings is 1. The molecule has 1 unspecified atom stereocenters. The second kappa shape index (κ2) is 9.35. The summed E-state index contributed by atoms with van der Waals surface area (Å²) in [6.07, 6.45) is 11.1. The van der Waals surface area contributed by atoms with E-state index in [0.717, 1.165) is 59.7 Å². The fraction of sp³-hybridized carbons (Fsp3) is 0.308. The van der Waals surface area contributed by atoms with Gasteiger partial charge in [-0.15, -0.1) is 11.3 Å². The summed E-state index contributed by atoms with van der Waals surface area (Å²) < 4.78 is 28.7. The van der Waals surface area contributed by atoms with Gasteiger partial charge in [0.05, 0.1) is 10.6 Å². The minimum absolute atomic E-state index is 0.231. The molecule has 0 spiro atoms. The first-order valence-corrected chi connectivity index (χ1v) is 14.0. The van der Waals surface area contributed by atoms with Gasteiger partial charge < -0.3 is 4.90 Å². The van der Waals surface area contributed by atoms with Gasteiger partial charge in [-0.1, -0.05) is 30.4 Å². The van der Waals surface area contributed by atoms with Crippen LogP contribution in [-0.2, 0) is 10.0 Å². The van der Waals surface area contributed by atoms with Crippen molar-refractivity contribution >= 4 is 37.5 Å². The van der Waals surface area contributed by atoms with Crippen LogP contribution in [0.25, 0.3) is 22.3 Å². The Morgan fingerprint density at radius 1 is 1.15 bits per heavy atom. The molecule has 0 N–H and O–H groups in total. The summed E-state index contributed by atoms with van der Waals surface area (Å²) in [4.78, 5) is 11.9. The lowest BCUT2D eigenvalue weighted by Gasteiger charge is -2.18. The molecule has 1 aliphatic carbocycles. The third-order valence-corrected chi connectivity index (χ3v) is 9.01. The standard InChI is InChI=1S/C26H28N4O2S2/c1-3-29(4-2)26-28-23(18-33-26)22-17-30(34(31,32)20-13-9-6-10-14-20)25-24(22)21(15-16-27-25)19-11-7-5-8-12-19/h6-7,9-11,13-19H,3-5,8,12H2,1-2H3. The SMILES string of the molecule is CCN(CC)c1nc(-c2cn(S(=O)(=O)c3ccccc3)c3nccc(C4C=CCCC4)c23)cs1. The van der Waals surface area contributed by atoms with E-state index in [-0.39, 0.29) is 10.8 Å². The number of hydrogen-bond donors (Lipinski definition) is 0. The van der Waals surface area contributed by atoms with Crippen LogP contribution in [0.15, 0.2) is 71.2 Å². The molecule has 6 nitrogen and oxygen atoms in total. The van der Waals surface area contributed by atoms with Gasteiger partial charge in [-0.2, -0.15) is 0 Å². The van der Waals surface area contributed by atoms with Crippen LogP contribution >= 0.6 is 11.3 Å². The first kappa shape index (κ1) is 22.8. The first-order valence-electron chi connectivity index (χ1n) is 11.7. The Kier molecular flexibility index (Phi) is 6.27. The van der Waals surface area contributed by atoms with Gasteiger partial charge in [-0.3, -0.25) is 0 Å². The molecule has 1 atom stereocenters. The molecule has 0 radical (unpaired) electrons. The number of aromatic nitrogens is 3. The summed E-state index contributed by atoms with van der Waals surface area (Å²) in [6, 6.07) is 10.6. The number of allylic oxidation sites excluding steroid dienone is 2. The van der Waals surface area contributed by atoms with Crippen LogP contribution in [0.5, 0.6) is 0 Å². The highest BCUT2D eigenvalue weighted by Gasteiger charge is 2.27. The Bertz CT molecular complexity index is 1430. The molecule has 34 heavy (non-hydrogen) atoms. The van der Waals surface area contributed by atoms with E-state index < -0.39 is 10.0 Å². The summed E-state index contributed by atoms with van der Waals surface area (Å²) in [5, 5.41) is 3.83. The molecule has 0 aliphatic heterocycles. The monoisotopic (exact) mass is 492 g/mol. The van der Waals surface area contributed by atoms with Gasteiger partial charge in [0.1, 0.15) is 0 Å². The molecular formula is C26H28N4O2S2. The Morgan fingerprint density at radius 3 is 2.65 bits per heavy atom. The fourth-order valence-electron chi connectivity index (χ4n) is 4.64. The summed E-state index contributed by atoms with van der Waals surface area (Å²) in [5.41, 5.74) is 3.15. The molecule has 8 heteroatoms. The maximum absolute atomic E-state index is 13.7. The number of rotatable bonds is 7.